The quantitative estimate of drug-likeness (QED) is 0.747. The number of rotatable bonds is 4. The molecule has 0 bridgehead atoms. The van der Waals surface area contributed by atoms with Gasteiger partial charge in [-0.2, -0.15) is 5.10 Å². The molecule has 27 heavy (non-hydrogen) atoms. The summed E-state index contributed by atoms with van der Waals surface area (Å²) in [4.78, 5) is 0.0906. The Kier molecular flexibility index (Phi) is 4.45. The van der Waals surface area contributed by atoms with E-state index in [9.17, 15) is 12.8 Å². The van der Waals surface area contributed by atoms with E-state index in [0.29, 0.717) is 30.9 Å². The maximum Gasteiger partial charge on any atom is 0.267 e. The van der Waals surface area contributed by atoms with Gasteiger partial charge in [0.2, 0.25) is 0 Å². The van der Waals surface area contributed by atoms with E-state index in [-0.39, 0.29) is 16.6 Å². The molecule has 4 rings (SSSR count). The largest absolute Gasteiger partial charge is 0.330 e. The van der Waals surface area contributed by atoms with Gasteiger partial charge in [0, 0.05) is 6.54 Å². The van der Waals surface area contributed by atoms with Crippen LogP contribution in [0, 0.1) is 5.82 Å². The number of para-hydroxylation sites is 1. The van der Waals surface area contributed by atoms with Gasteiger partial charge in [0.25, 0.3) is 10.0 Å². The minimum absolute atomic E-state index is 0.0906. The Morgan fingerprint density at radius 2 is 1.89 bits per heavy atom. The summed E-state index contributed by atoms with van der Waals surface area (Å²) >= 11 is 0. The lowest BCUT2D eigenvalue weighted by molar-refractivity contribution is 0.571. The molecule has 0 saturated carbocycles. The van der Waals surface area contributed by atoms with E-state index in [1.54, 1.807) is 18.2 Å². The normalized spacial score (nSPS) is 17.0. The van der Waals surface area contributed by atoms with Gasteiger partial charge < -0.3 is 5.73 Å². The minimum Gasteiger partial charge on any atom is -0.330 e. The fourth-order valence-electron chi connectivity index (χ4n) is 3.41. The van der Waals surface area contributed by atoms with Crippen molar-refractivity contribution < 1.29 is 12.8 Å². The van der Waals surface area contributed by atoms with Gasteiger partial charge in [0.1, 0.15) is 10.7 Å². The van der Waals surface area contributed by atoms with Gasteiger partial charge in [0.15, 0.2) is 0 Å². The van der Waals surface area contributed by atoms with E-state index in [1.807, 2.05) is 18.2 Å². The second kappa shape index (κ2) is 6.79. The molecule has 1 atom stereocenters. The minimum atomic E-state index is -3.77. The summed E-state index contributed by atoms with van der Waals surface area (Å²) in [5.74, 6) is -0.215. The van der Waals surface area contributed by atoms with E-state index < -0.39 is 10.0 Å². The maximum atomic E-state index is 13.2. The first-order chi connectivity index (χ1) is 13.0. The fourth-order valence-corrected chi connectivity index (χ4v) is 4.84. The SMILES string of the molecule is NCC1CCN(S(=O)(=O)c2cnn(-c3ccc(F)cc3)c2)c2ccccc21. The number of nitrogens with two attached hydrogens (primary N) is 1. The van der Waals surface area contributed by atoms with Crippen molar-refractivity contribution in [2.75, 3.05) is 17.4 Å². The summed E-state index contributed by atoms with van der Waals surface area (Å²) in [6.07, 6.45) is 3.43. The number of hydrogen-bond acceptors (Lipinski definition) is 4. The van der Waals surface area contributed by atoms with Crippen LogP contribution in [0.5, 0.6) is 0 Å². The standard InChI is InChI=1S/C19H19FN4O2S/c20-15-5-7-16(8-6-15)23-13-17(12-22-23)27(25,26)24-10-9-14(11-21)18-3-1-2-4-19(18)24/h1-8,12-14H,9-11,21H2. The van der Waals surface area contributed by atoms with Crippen molar-refractivity contribution >= 4 is 15.7 Å². The Hall–Kier alpha value is -2.71. The average Bonchev–Trinajstić information content (AvgIpc) is 3.18. The van der Waals surface area contributed by atoms with Crippen molar-refractivity contribution in [2.45, 2.75) is 17.2 Å². The molecular weight excluding hydrogens is 367 g/mol. The van der Waals surface area contributed by atoms with Gasteiger partial charge in [-0.3, -0.25) is 4.31 Å². The molecule has 0 amide bonds. The summed E-state index contributed by atoms with van der Waals surface area (Å²) in [5.41, 5.74) is 8.04. The fraction of sp³-hybridized carbons (Fsp3) is 0.211. The van der Waals surface area contributed by atoms with E-state index >= 15 is 0 Å². The zero-order chi connectivity index (χ0) is 19.0. The van der Waals surface area contributed by atoms with Crippen LogP contribution in [0.1, 0.15) is 17.9 Å². The number of sulfonamides is 1. The number of halogens is 1. The molecule has 2 aromatic carbocycles. The van der Waals surface area contributed by atoms with Gasteiger partial charge in [-0.05, 0) is 54.8 Å². The topological polar surface area (TPSA) is 81.2 Å². The number of hydrogen-bond donors (Lipinski definition) is 1. The number of anilines is 1. The molecule has 140 valence electrons. The van der Waals surface area contributed by atoms with Crippen LogP contribution in [0.4, 0.5) is 10.1 Å². The first-order valence-corrected chi connectivity index (χ1v) is 10.1. The van der Waals surface area contributed by atoms with Crippen LogP contribution in [-0.4, -0.2) is 31.3 Å². The first kappa shape index (κ1) is 17.7. The van der Waals surface area contributed by atoms with Gasteiger partial charge in [0.05, 0.1) is 23.8 Å². The summed E-state index contributed by atoms with van der Waals surface area (Å²) in [7, 11) is -3.77. The van der Waals surface area contributed by atoms with E-state index in [2.05, 4.69) is 5.10 Å². The Balaban J connectivity index is 1.71. The van der Waals surface area contributed by atoms with Crippen LogP contribution < -0.4 is 10.0 Å². The highest BCUT2D eigenvalue weighted by Gasteiger charge is 2.33. The van der Waals surface area contributed by atoms with Crippen molar-refractivity contribution in [1.29, 1.82) is 0 Å². The third-order valence-corrected chi connectivity index (χ3v) is 6.61. The Morgan fingerprint density at radius 3 is 2.63 bits per heavy atom. The predicted octanol–water partition coefficient (Wildman–Crippen LogP) is 2.65. The molecule has 0 saturated heterocycles. The molecular formula is C19H19FN4O2S. The number of benzene rings is 2. The van der Waals surface area contributed by atoms with Crippen LogP contribution in [-0.2, 0) is 10.0 Å². The van der Waals surface area contributed by atoms with E-state index in [1.165, 1.54) is 33.5 Å². The molecule has 1 aliphatic rings. The lowest BCUT2D eigenvalue weighted by Gasteiger charge is -2.34. The molecule has 3 aromatic rings. The Labute approximate surface area is 157 Å². The molecule has 1 aliphatic heterocycles. The van der Waals surface area contributed by atoms with Crippen LogP contribution in [0.25, 0.3) is 5.69 Å². The third kappa shape index (κ3) is 3.11. The summed E-state index contributed by atoms with van der Waals surface area (Å²) in [6.45, 7) is 0.844. The molecule has 6 nitrogen and oxygen atoms in total. The third-order valence-electron chi connectivity index (χ3n) is 4.85. The Bertz CT molecular complexity index is 1060. The summed E-state index contributed by atoms with van der Waals surface area (Å²) in [6, 6.07) is 13.1. The lowest BCUT2D eigenvalue weighted by atomic mass is 9.91. The zero-order valence-corrected chi connectivity index (χ0v) is 15.3. The summed E-state index contributed by atoms with van der Waals surface area (Å²) in [5, 5.41) is 4.13. The molecule has 0 fully saturated rings. The average molecular weight is 386 g/mol. The molecule has 1 aromatic heterocycles. The number of fused-ring (bicyclic) bond motifs is 1. The molecule has 0 spiro atoms. The van der Waals surface area contributed by atoms with Crippen molar-refractivity contribution in [3.8, 4) is 5.69 Å². The first-order valence-electron chi connectivity index (χ1n) is 8.63. The second-order valence-electron chi connectivity index (χ2n) is 6.45. The molecule has 8 heteroatoms. The highest BCUT2D eigenvalue weighted by Crippen LogP contribution is 2.37. The highest BCUT2D eigenvalue weighted by molar-refractivity contribution is 7.92. The molecule has 2 heterocycles. The lowest BCUT2D eigenvalue weighted by Crippen LogP contribution is -2.37. The molecule has 1 unspecified atom stereocenters. The van der Waals surface area contributed by atoms with Crippen molar-refractivity contribution in [3.05, 3.63) is 72.3 Å². The van der Waals surface area contributed by atoms with E-state index in [4.69, 9.17) is 5.73 Å². The van der Waals surface area contributed by atoms with Crippen molar-refractivity contribution in [1.82, 2.24) is 9.78 Å². The maximum absolute atomic E-state index is 13.2. The highest BCUT2D eigenvalue weighted by atomic mass is 32.2. The van der Waals surface area contributed by atoms with E-state index in [0.717, 1.165) is 5.56 Å². The zero-order valence-electron chi connectivity index (χ0n) is 14.5. The molecule has 0 radical (unpaired) electrons. The predicted molar refractivity (Wildman–Crippen MR) is 101 cm³/mol. The monoisotopic (exact) mass is 386 g/mol. The van der Waals surface area contributed by atoms with Crippen LogP contribution >= 0.6 is 0 Å². The molecule has 2 N–H and O–H groups in total. The van der Waals surface area contributed by atoms with Gasteiger partial charge in [-0.15, -0.1) is 0 Å². The van der Waals surface area contributed by atoms with Crippen LogP contribution in [0.2, 0.25) is 0 Å². The number of nitrogens with zero attached hydrogens (tertiary/aromatic N) is 3. The second-order valence-corrected chi connectivity index (χ2v) is 8.32. The summed E-state index contributed by atoms with van der Waals surface area (Å²) < 4.78 is 42.4. The van der Waals surface area contributed by atoms with Gasteiger partial charge in [-0.25, -0.2) is 17.5 Å². The van der Waals surface area contributed by atoms with Gasteiger partial charge in [-0.1, -0.05) is 18.2 Å². The van der Waals surface area contributed by atoms with Gasteiger partial charge >= 0.3 is 0 Å². The number of aromatic nitrogens is 2. The molecule has 0 aliphatic carbocycles. The van der Waals surface area contributed by atoms with Crippen molar-refractivity contribution in [2.24, 2.45) is 5.73 Å². The van der Waals surface area contributed by atoms with Crippen LogP contribution in [0.3, 0.4) is 0 Å². The van der Waals surface area contributed by atoms with Crippen LogP contribution in [0.15, 0.2) is 65.8 Å². The van der Waals surface area contributed by atoms with Crippen molar-refractivity contribution in [3.63, 3.8) is 0 Å². The Morgan fingerprint density at radius 1 is 1.15 bits per heavy atom. The smallest absolute Gasteiger partial charge is 0.267 e.